The van der Waals surface area contributed by atoms with Crippen LogP contribution in [0, 0.1) is 0 Å². The minimum atomic E-state index is 0.533. The summed E-state index contributed by atoms with van der Waals surface area (Å²) in [5.41, 5.74) is 1.01. The number of hydrogen-bond donors (Lipinski definition) is 2. The lowest BCUT2D eigenvalue weighted by atomic mass is 10.2. The molecule has 9 heteroatoms. The summed E-state index contributed by atoms with van der Waals surface area (Å²) < 4.78 is 7.48. The number of nitrogens with zero attached hydrogens (tertiary/aromatic N) is 5. The van der Waals surface area contributed by atoms with Gasteiger partial charge in [0.05, 0.1) is 19.8 Å². The Balaban J connectivity index is 1.50. The van der Waals surface area contributed by atoms with Crippen LogP contribution in [0.15, 0.2) is 35.6 Å². The summed E-state index contributed by atoms with van der Waals surface area (Å²) in [7, 11) is 0. The van der Waals surface area contributed by atoms with Gasteiger partial charge in [0.2, 0.25) is 0 Å². The first-order valence-electron chi connectivity index (χ1n) is 10.7. The first kappa shape index (κ1) is 22.5. The minimum absolute atomic E-state index is 0.533. The molecule has 0 bridgehead atoms. The fraction of sp³-hybridized carbons (Fsp3) is 0.571. The van der Waals surface area contributed by atoms with E-state index in [1.165, 1.54) is 0 Å². The van der Waals surface area contributed by atoms with E-state index in [0.717, 1.165) is 87.7 Å². The summed E-state index contributed by atoms with van der Waals surface area (Å²) in [4.78, 5) is 7.18. The second kappa shape index (κ2) is 12.5. The molecule has 0 spiro atoms. The van der Waals surface area contributed by atoms with Crippen LogP contribution in [0.1, 0.15) is 24.7 Å². The molecule has 8 nitrogen and oxygen atoms in total. The van der Waals surface area contributed by atoms with E-state index >= 15 is 0 Å². The van der Waals surface area contributed by atoms with Gasteiger partial charge < -0.3 is 19.9 Å². The number of halogens is 1. The Morgan fingerprint density at radius 3 is 2.77 bits per heavy atom. The van der Waals surface area contributed by atoms with Gasteiger partial charge in [0.15, 0.2) is 5.96 Å². The smallest absolute Gasteiger partial charge is 0.191 e. The predicted octanol–water partition coefficient (Wildman–Crippen LogP) is 1.95. The summed E-state index contributed by atoms with van der Waals surface area (Å²) >= 11 is 6.28. The number of aromatic nitrogens is 3. The van der Waals surface area contributed by atoms with Crippen LogP contribution in [-0.2, 0) is 24.2 Å². The molecule has 2 aromatic rings. The standard InChI is InChI=1S/C21H32ClN7O/c1-2-20-27-26-17-29(20)11-9-24-21(25-16-18-6-3-4-7-19(18)22)23-8-5-10-28-12-14-30-15-13-28/h3-4,6-7,17H,2,5,8-16H2,1H3,(H2,23,24,25). The van der Waals surface area contributed by atoms with Gasteiger partial charge in [-0.15, -0.1) is 10.2 Å². The van der Waals surface area contributed by atoms with Crippen molar-refractivity contribution >= 4 is 17.6 Å². The summed E-state index contributed by atoms with van der Waals surface area (Å²) in [5.74, 6) is 1.79. The van der Waals surface area contributed by atoms with Crippen molar-refractivity contribution in [3.63, 3.8) is 0 Å². The second-order valence-electron chi connectivity index (χ2n) is 7.21. The van der Waals surface area contributed by atoms with E-state index in [4.69, 9.17) is 21.3 Å². The Bertz CT molecular complexity index is 789. The van der Waals surface area contributed by atoms with Crippen molar-refractivity contribution in [2.75, 3.05) is 45.9 Å². The molecular formula is C21H32ClN7O. The molecule has 1 aromatic carbocycles. The third kappa shape index (κ3) is 7.27. The van der Waals surface area contributed by atoms with Gasteiger partial charge in [0.25, 0.3) is 0 Å². The Morgan fingerprint density at radius 1 is 1.17 bits per heavy atom. The largest absolute Gasteiger partial charge is 0.379 e. The van der Waals surface area contributed by atoms with E-state index in [1.54, 1.807) is 6.33 Å². The lowest BCUT2D eigenvalue weighted by Gasteiger charge is -2.26. The first-order chi connectivity index (χ1) is 14.8. The van der Waals surface area contributed by atoms with Crippen molar-refractivity contribution in [1.29, 1.82) is 0 Å². The van der Waals surface area contributed by atoms with E-state index in [1.807, 2.05) is 24.3 Å². The van der Waals surface area contributed by atoms with Crippen molar-refractivity contribution in [2.24, 2.45) is 4.99 Å². The van der Waals surface area contributed by atoms with Crippen LogP contribution in [0.4, 0.5) is 0 Å². The van der Waals surface area contributed by atoms with E-state index in [9.17, 15) is 0 Å². The molecule has 0 unspecified atom stereocenters. The van der Waals surface area contributed by atoms with E-state index in [0.29, 0.717) is 6.54 Å². The zero-order chi connectivity index (χ0) is 21.0. The highest BCUT2D eigenvalue weighted by molar-refractivity contribution is 6.31. The van der Waals surface area contributed by atoms with Crippen LogP contribution in [0.3, 0.4) is 0 Å². The van der Waals surface area contributed by atoms with Gasteiger partial charge >= 0.3 is 0 Å². The van der Waals surface area contributed by atoms with Gasteiger partial charge in [-0.05, 0) is 24.6 Å². The van der Waals surface area contributed by atoms with Crippen LogP contribution in [0.25, 0.3) is 0 Å². The molecule has 3 rings (SSSR count). The number of nitrogens with one attached hydrogen (secondary N) is 2. The van der Waals surface area contributed by atoms with Gasteiger partial charge in [0, 0.05) is 44.2 Å². The molecule has 1 aromatic heterocycles. The Kier molecular flexibility index (Phi) is 9.40. The Labute approximate surface area is 183 Å². The summed E-state index contributed by atoms with van der Waals surface area (Å²) in [6.07, 6.45) is 3.70. The molecule has 164 valence electrons. The molecule has 2 N–H and O–H groups in total. The van der Waals surface area contributed by atoms with Gasteiger partial charge in [-0.2, -0.15) is 0 Å². The van der Waals surface area contributed by atoms with Crippen molar-refractivity contribution < 1.29 is 4.74 Å². The fourth-order valence-corrected chi connectivity index (χ4v) is 3.53. The Morgan fingerprint density at radius 2 is 1.97 bits per heavy atom. The maximum atomic E-state index is 6.28. The van der Waals surface area contributed by atoms with Crippen molar-refractivity contribution in [1.82, 2.24) is 30.3 Å². The van der Waals surface area contributed by atoms with Crippen molar-refractivity contribution in [3.8, 4) is 0 Å². The normalized spacial score (nSPS) is 15.3. The SMILES string of the molecule is CCc1nncn1CCNC(=NCc1ccccc1Cl)NCCCN1CCOCC1. The summed E-state index contributed by atoms with van der Waals surface area (Å²) in [5, 5.41) is 15.7. The molecule has 0 radical (unpaired) electrons. The molecule has 2 heterocycles. The summed E-state index contributed by atoms with van der Waals surface area (Å²) in [6.45, 7) is 9.78. The maximum Gasteiger partial charge on any atom is 0.191 e. The van der Waals surface area contributed by atoms with Crippen molar-refractivity contribution in [3.05, 3.63) is 47.0 Å². The van der Waals surface area contributed by atoms with Gasteiger partial charge in [0.1, 0.15) is 12.2 Å². The first-order valence-corrected chi connectivity index (χ1v) is 11.1. The lowest BCUT2D eigenvalue weighted by molar-refractivity contribution is 0.0376. The molecule has 1 saturated heterocycles. The highest BCUT2D eigenvalue weighted by Crippen LogP contribution is 2.15. The molecule has 0 atom stereocenters. The molecule has 0 saturated carbocycles. The monoisotopic (exact) mass is 433 g/mol. The average Bonchev–Trinajstić information content (AvgIpc) is 3.23. The second-order valence-corrected chi connectivity index (χ2v) is 7.62. The molecule has 0 aliphatic carbocycles. The Hall–Kier alpha value is -2.16. The van der Waals surface area contributed by atoms with Crippen LogP contribution >= 0.6 is 11.6 Å². The minimum Gasteiger partial charge on any atom is -0.379 e. The lowest BCUT2D eigenvalue weighted by Crippen LogP contribution is -2.41. The number of benzene rings is 1. The number of morpholine rings is 1. The number of ether oxygens (including phenoxy) is 1. The molecular weight excluding hydrogens is 402 g/mol. The average molecular weight is 434 g/mol. The predicted molar refractivity (Wildman–Crippen MR) is 120 cm³/mol. The van der Waals surface area contributed by atoms with Crippen LogP contribution in [0.5, 0.6) is 0 Å². The zero-order valence-corrected chi connectivity index (χ0v) is 18.4. The van der Waals surface area contributed by atoms with Crippen molar-refractivity contribution in [2.45, 2.75) is 32.9 Å². The molecule has 1 aliphatic rings. The summed E-state index contributed by atoms with van der Waals surface area (Å²) in [6, 6.07) is 7.82. The zero-order valence-electron chi connectivity index (χ0n) is 17.7. The highest BCUT2D eigenvalue weighted by atomic mass is 35.5. The topological polar surface area (TPSA) is 79.6 Å². The quantitative estimate of drug-likeness (QED) is 0.338. The third-order valence-corrected chi connectivity index (χ3v) is 5.44. The maximum absolute atomic E-state index is 6.28. The molecule has 1 fully saturated rings. The van der Waals surface area contributed by atoms with E-state index in [-0.39, 0.29) is 0 Å². The van der Waals surface area contributed by atoms with Gasteiger partial charge in [-0.3, -0.25) is 4.90 Å². The molecule has 30 heavy (non-hydrogen) atoms. The highest BCUT2D eigenvalue weighted by Gasteiger charge is 2.09. The van der Waals surface area contributed by atoms with Gasteiger partial charge in [-0.1, -0.05) is 36.7 Å². The third-order valence-electron chi connectivity index (χ3n) is 5.07. The number of hydrogen-bond acceptors (Lipinski definition) is 5. The molecule has 1 aliphatic heterocycles. The fourth-order valence-electron chi connectivity index (χ4n) is 3.33. The van der Waals surface area contributed by atoms with Gasteiger partial charge in [-0.25, -0.2) is 4.99 Å². The van der Waals surface area contributed by atoms with E-state index < -0.39 is 0 Å². The number of aryl methyl sites for hydroxylation is 1. The van der Waals surface area contributed by atoms with E-state index in [2.05, 4.69) is 37.2 Å². The van der Waals surface area contributed by atoms with Crippen LogP contribution in [0.2, 0.25) is 5.02 Å². The number of rotatable bonds is 10. The number of aliphatic imine (C=N–C) groups is 1. The number of guanidine groups is 1. The molecule has 0 amide bonds. The van der Waals surface area contributed by atoms with Crippen LogP contribution in [-0.4, -0.2) is 71.6 Å². The van der Waals surface area contributed by atoms with Crippen LogP contribution < -0.4 is 10.6 Å².